The lowest BCUT2D eigenvalue weighted by atomic mass is 10.3. The molecule has 0 aliphatic rings. The molecule has 2 rings (SSSR count). The Balaban J connectivity index is 1.87. The second-order valence-corrected chi connectivity index (χ2v) is 5.71. The van der Waals surface area contributed by atoms with E-state index in [4.69, 9.17) is 0 Å². The largest absolute Gasteiger partial charge is 0.349 e. The first-order valence-electron chi connectivity index (χ1n) is 6.86. The second kappa shape index (κ2) is 7.88. The lowest BCUT2D eigenvalue weighted by Gasteiger charge is -2.21. The Labute approximate surface area is 132 Å². The quantitative estimate of drug-likeness (QED) is 0.655. The molecule has 0 saturated carbocycles. The molecule has 0 atom stereocenters. The third-order valence-corrected chi connectivity index (χ3v) is 4.15. The van der Waals surface area contributed by atoms with Gasteiger partial charge in [-0.05, 0) is 17.9 Å². The standard InChI is InChI=1S/C14H19F2N5S/c1-17-14(20(2)7-5-11-4-3-9-22-11)19-10-12-18-6-8-21(12)13(15)16/h3-4,6,8-9,13H,5,7,10H2,1-2H3,(H,17,19). The van der Waals surface area contributed by atoms with Gasteiger partial charge in [0.05, 0.1) is 6.54 Å². The molecule has 0 aliphatic carbocycles. The van der Waals surface area contributed by atoms with E-state index in [0.717, 1.165) is 17.5 Å². The number of guanidine groups is 1. The normalized spacial score (nSPS) is 12.0. The van der Waals surface area contributed by atoms with Crippen molar-refractivity contribution in [2.24, 2.45) is 4.99 Å². The van der Waals surface area contributed by atoms with Gasteiger partial charge in [-0.25, -0.2) is 4.98 Å². The minimum absolute atomic E-state index is 0.202. The van der Waals surface area contributed by atoms with Crippen LogP contribution in [0.15, 0.2) is 34.9 Å². The minimum Gasteiger partial charge on any atom is -0.349 e. The van der Waals surface area contributed by atoms with Crippen molar-refractivity contribution in [2.45, 2.75) is 19.5 Å². The van der Waals surface area contributed by atoms with Gasteiger partial charge >= 0.3 is 6.55 Å². The molecule has 0 radical (unpaired) electrons. The molecule has 8 heteroatoms. The van der Waals surface area contributed by atoms with Crippen LogP contribution >= 0.6 is 11.3 Å². The fourth-order valence-electron chi connectivity index (χ4n) is 2.04. The number of thiophene rings is 1. The summed E-state index contributed by atoms with van der Waals surface area (Å²) in [6.07, 6.45) is 3.55. The zero-order valence-corrected chi connectivity index (χ0v) is 13.4. The van der Waals surface area contributed by atoms with E-state index >= 15 is 0 Å². The highest BCUT2D eigenvalue weighted by molar-refractivity contribution is 7.09. The molecule has 0 aromatic carbocycles. The summed E-state index contributed by atoms with van der Waals surface area (Å²) in [6.45, 7) is -1.59. The number of aliphatic imine (C=N–C) groups is 1. The van der Waals surface area contributed by atoms with Crippen LogP contribution in [0.3, 0.4) is 0 Å². The van der Waals surface area contributed by atoms with Gasteiger partial charge in [0.2, 0.25) is 0 Å². The number of nitrogens with zero attached hydrogens (tertiary/aromatic N) is 4. The molecule has 0 bridgehead atoms. The minimum atomic E-state index is -2.59. The summed E-state index contributed by atoms with van der Waals surface area (Å²) in [5.41, 5.74) is 0. The molecule has 5 nitrogen and oxygen atoms in total. The van der Waals surface area contributed by atoms with E-state index in [0.29, 0.717) is 5.96 Å². The first-order chi connectivity index (χ1) is 10.6. The van der Waals surface area contributed by atoms with Crippen molar-refractivity contribution in [3.05, 3.63) is 40.6 Å². The zero-order chi connectivity index (χ0) is 15.9. The second-order valence-electron chi connectivity index (χ2n) is 4.68. The molecule has 2 heterocycles. The molecule has 22 heavy (non-hydrogen) atoms. The number of alkyl halides is 2. The molecule has 120 valence electrons. The molecule has 0 fully saturated rings. The van der Waals surface area contributed by atoms with Crippen molar-refractivity contribution >= 4 is 17.3 Å². The van der Waals surface area contributed by atoms with Crippen LogP contribution < -0.4 is 5.32 Å². The average molecular weight is 327 g/mol. The summed E-state index contributed by atoms with van der Waals surface area (Å²) in [4.78, 5) is 11.4. The van der Waals surface area contributed by atoms with Gasteiger partial charge in [0, 0.05) is 37.9 Å². The first-order valence-corrected chi connectivity index (χ1v) is 7.73. The van der Waals surface area contributed by atoms with Crippen LogP contribution in [-0.4, -0.2) is 41.1 Å². The van der Waals surface area contributed by atoms with E-state index in [1.165, 1.54) is 17.3 Å². The summed E-state index contributed by atoms with van der Waals surface area (Å²) >= 11 is 1.72. The van der Waals surface area contributed by atoms with Gasteiger partial charge in [-0.1, -0.05) is 6.07 Å². The lowest BCUT2D eigenvalue weighted by Crippen LogP contribution is -2.40. The SMILES string of the molecule is CN=C(NCc1nccn1C(F)F)N(C)CCc1cccs1. The van der Waals surface area contributed by atoms with Gasteiger partial charge in [-0.2, -0.15) is 8.78 Å². The maximum atomic E-state index is 12.8. The van der Waals surface area contributed by atoms with Crippen molar-refractivity contribution in [1.82, 2.24) is 19.8 Å². The lowest BCUT2D eigenvalue weighted by molar-refractivity contribution is 0.0668. The van der Waals surface area contributed by atoms with E-state index < -0.39 is 6.55 Å². The number of halogens is 2. The Bertz CT molecular complexity index is 594. The van der Waals surface area contributed by atoms with Crippen molar-refractivity contribution in [3.63, 3.8) is 0 Å². The molecule has 0 saturated heterocycles. The zero-order valence-electron chi connectivity index (χ0n) is 12.5. The van der Waals surface area contributed by atoms with Crippen LogP contribution in [0, 0.1) is 0 Å². The number of hydrogen-bond donors (Lipinski definition) is 1. The molecule has 2 aromatic rings. The van der Waals surface area contributed by atoms with Crippen LogP contribution in [0.2, 0.25) is 0 Å². The van der Waals surface area contributed by atoms with E-state index in [9.17, 15) is 8.78 Å². The molecule has 2 aromatic heterocycles. The summed E-state index contributed by atoms with van der Waals surface area (Å²) in [7, 11) is 3.59. The van der Waals surface area contributed by atoms with Crippen LogP contribution in [-0.2, 0) is 13.0 Å². The number of likely N-dealkylation sites (N-methyl/N-ethyl adjacent to an activating group) is 1. The summed E-state index contributed by atoms with van der Waals surface area (Å²) < 4.78 is 26.4. The Morgan fingerprint density at radius 3 is 3.00 bits per heavy atom. The smallest absolute Gasteiger partial charge is 0.319 e. The summed E-state index contributed by atoms with van der Waals surface area (Å²) in [5.74, 6) is 0.933. The average Bonchev–Trinajstić information content (AvgIpc) is 3.17. The Hall–Kier alpha value is -1.96. The number of nitrogens with one attached hydrogen (secondary N) is 1. The van der Waals surface area contributed by atoms with Gasteiger partial charge in [0.25, 0.3) is 0 Å². The fraction of sp³-hybridized carbons (Fsp3) is 0.429. The third kappa shape index (κ3) is 4.27. The summed E-state index contributed by atoms with van der Waals surface area (Å²) in [5, 5.41) is 5.11. The maximum Gasteiger partial charge on any atom is 0.319 e. The third-order valence-electron chi connectivity index (χ3n) is 3.21. The van der Waals surface area contributed by atoms with Crippen molar-refractivity contribution in [2.75, 3.05) is 20.6 Å². The fourth-order valence-corrected chi connectivity index (χ4v) is 2.74. The number of hydrogen-bond acceptors (Lipinski definition) is 3. The van der Waals surface area contributed by atoms with Gasteiger partial charge in [-0.3, -0.25) is 9.56 Å². The Morgan fingerprint density at radius 1 is 1.55 bits per heavy atom. The van der Waals surface area contributed by atoms with Crippen LogP contribution in [0.5, 0.6) is 0 Å². The van der Waals surface area contributed by atoms with Crippen LogP contribution in [0.4, 0.5) is 8.78 Å². The van der Waals surface area contributed by atoms with E-state index in [1.54, 1.807) is 18.4 Å². The molecular formula is C14H19F2N5S. The topological polar surface area (TPSA) is 45.5 Å². The van der Waals surface area contributed by atoms with Gasteiger partial charge in [0.1, 0.15) is 5.82 Å². The highest BCUT2D eigenvalue weighted by Crippen LogP contribution is 2.12. The van der Waals surface area contributed by atoms with E-state index in [-0.39, 0.29) is 12.4 Å². The number of rotatable bonds is 6. The predicted molar refractivity (Wildman–Crippen MR) is 84.3 cm³/mol. The molecule has 0 unspecified atom stereocenters. The number of aromatic nitrogens is 2. The highest BCUT2D eigenvalue weighted by atomic mass is 32.1. The van der Waals surface area contributed by atoms with Gasteiger partial charge in [-0.15, -0.1) is 11.3 Å². The maximum absolute atomic E-state index is 12.8. The first kappa shape index (κ1) is 16.4. The Kier molecular flexibility index (Phi) is 5.88. The molecular weight excluding hydrogens is 308 g/mol. The monoisotopic (exact) mass is 327 g/mol. The summed E-state index contributed by atoms with van der Waals surface area (Å²) in [6, 6.07) is 4.12. The molecule has 0 spiro atoms. The number of imidazole rings is 1. The highest BCUT2D eigenvalue weighted by Gasteiger charge is 2.12. The van der Waals surface area contributed by atoms with Crippen LogP contribution in [0.1, 0.15) is 17.3 Å². The Morgan fingerprint density at radius 2 is 2.36 bits per heavy atom. The van der Waals surface area contributed by atoms with Crippen molar-refractivity contribution in [1.29, 1.82) is 0 Å². The van der Waals surface area contributed by atoms with Gasteiger partial charge in [0.15, 0.2) is 5.96 Å². The predicted octanol–water partition coefficient (Wildman–Crippen LogP) is 2.59. The van der Waals surface area contributed by atoms with Crippen molar-refractivity contribution in [3.8, 4) is 0 Å². The van der Waals surface area contributed by atoms with Crippen LogP contribution in [0.25, 0.3) is 0 Å². The van der Waals surface area contributed by atoms with Gasteiger partial charge < -0.3 is 10.2 Å². The van der Waals surface area contributed by atoms with Crippen molar-refractivity contribution < 1.29 is 8.78 Å². The van der Waals surface area contributed by atoms with E-state index in [1.807, 2.05) is 23.4 Å². The van der Waals surface area contributed by atoms with E-state index in [2.05, 4.69) is 21.4 Å². The molecule has 0 aliphatic heterocycles. The molecule has 0 amide bonds. The molecule has 1 N–H and O–H groups in total.